The average Bonchev–Trinajstić information content (AvgIpc) is 0.817. The van der Waals surface area contributed by atoms with Crippen molar-refractivity contribution in [3.8, 4) is 22.6 Å². The maximum absolute atomic E-state index is 11.0. The van der Waals surface area contributed by atoms with Crippen molar-refractivity contribution < 1.29 is 39.9 Å². The predicted molar refractivity (Wildman–Crippen MR) is 348 cm³/mol. The summed E-state index contributed by atoms with van der Waals surface area (Å²) >= 11 is 0. The molecule has 6 aliphatic carbocycles. The third kappa shape index (κ3) is 15.6. The van der Waals surface area contributed by atoms with Crippen LogP contribution in [0.3, 0.4) is 0 Å². The van der Waals surface area contributed by atoms with Crippen LogP contribution in [0.25, 0.3) is 33.5 Å². The first-order chi connectivity index (χ1) is 39.9. The van der Waals surface area contributed by atoms with Crippen LogP contribution >= 0.6 is 9.03 Å². The summed E-state index contributed by atoms with van der Waals surface area (Å²) in [5, 5.41) is 19.9. The molecule has 82 heavy (non-hydrogen) atoms. The highest BCUT2D eigenvalue weighted by atomic mass is 31.0. The van der Waals surface area contributed by atoms with Gasteiger partial charge in [-0.3, -0.25) is 4.79 Å². The second kappa shape index (κ2) is 27.0. The Kier molecular flexibility index (Phi) is 20.2. The Morgan fingerprint density at radius 1 is 0.720 bits per heavy atom. The summed E-state index contributed by atoms with van der Waals surface area (Å²) in [7, 11) is 8.79. The molecule has 0 heterocycles. The van der Waals surface area contributed by atoms with Crippen molar-refractivity contribution in [1.29, 1.82) is 0 Å². The van der Waals surface area contributed by atoms with E-state index < -0.39 is 11.9 Å². The van der Waals surface area contributed by atoms with E-state index in [0.29, 0.717) is 23.2 Å². The van der Waals surface area contributed by atoms with Crippen LogP contribution in [0.15, 0.2) is 160 Å². The molecule has 0 aliphatic heterocycles. The van der Waals surface area contributed by atoms with Gasteiger partial charge in [-0.2, -0.15) is 0 Å². The van der Waals surface area contributed by atoms with Gasteiger partial charge in [-0.1, -0.05) is 144 Å². The van der Waals surface area contributed by atoms with Gasteiger partial charge in [0.1, 0.15) is 11.5 Å². The molecule has 2 N–H and O–H groups in total. The lowest BCUT2D eigenvalue weighted by Crippen LogP contribution is -2.48. The summed E-state index contributed by atoms with van der Waals surface area (Å²) in [5.41, 5.74) is 16.4. The molecule has 0 aromatic heterocycles. The van der Waals surface area contributed by atoms with Gasteiger partial charge in [-0.05, 0) is 250 Å². The molecule has 0 unspecified atom stereocenters. The number of fused-ring (bicyclic) bond motifs is 2. The number of hydrogen-bond donors (Lipinski definition) is 2. The molecule has 10 heteroatoms. The van der Waals surface area contributed by atoms with Gasteiger partial charge in [-0.25, -0.2) is 9.59 Å². The smallest absolute Gasteiger partial charge is 0.335 e. The Balaban J connectivity index is 0.000000267. The highest BCUT2D eigenvalue weighted by molar-refractivity contribution is 7.05. The second-order valence-electron chi connectivity index (χ2n) is 25.7. The van der Waals surface area contributed by atoms with Crippen LogP contribution in [-0.2, 0) is 25.8 Å². The zero-order chi connectivity index (χ0) is 61.6. The van der Waals surface area contributed by atoms with Crippen LogP contribution in [0.1, 0.15) is 184 Å². The number of allylic oxidation sites excluding steroid dienone is 10. The summed E-state index contributed by atoms with van der Waals surface area (Å²) < 4.78 is 23.7. The first-order valence-corrected chi connectivity index (χ1v) is 29.6. The quantitative estimate of drug-likeness (QED) is 0.0301. The van der Waals surface area contributed by atoms with Crippen LogP contribution in [0.4, 0.5) is 0 Å². The fraction of sp³-hybridized carbons (Fsp3) is 0.403. The topological polar surface area (TPSA) is 122 Å². The van der Waals surface area contributed by atoms with E-state index in [2.05, 4.69) is 157 Å². The number of methoxy groups -OCH3 is 1. The number of ether oxygens (including phenoxy) is 2. The number of carboxylic acids is 2. The number of nitrogens with zero attached hydrogens (tertiary/aromatic N) is 1. The Morgan fingerprint density at radius 3 is 1.90 bits per heavy atom. The van der Waals surface area contributed by atoms with Crippen molar-refractivity contribution in [3.05, 3.63) is 189 Å². The fourth-order valence-electron chi connectivity index (χ4n) is 14.0. The van der Waals surface area contributed by atoms with Crippen molar-refractivity contribution in [1.82, 2.24) is 0 Å². The van der Waals surface area contributed by atoms with Crippen LogP contribution in [0.5, 0.6) is 11.5 Å². The minimum Gasteiger partial charge on any atom is -0.496 e. The first kappa shape index (κ1) is 61.3. The SMILES string of the molecule is C/C(=C\c1ccc(C(=O)O)cc1)c1ccc2c(c1)C(C)(C)CCC2(C)C.CC1=C(/C=C/C(C)=C\C=C\C(C)=C\C(=O)O)C(C)(C)CCC1.COc1ccc(-c2ccc3cc(OC=O)ccc3c2)cc1C12CC3CC(CC(C3)C1)C2.[3H][3H].[B]N=P.[HH].[HH]. The number of benzene rings is 5. The maximum Gasteiger partial charge on any atom is 0.335 e. The molecule has 0 atom stereocenters. The Labute approximate surface area is 498 Å². The van der Waals surface area contributed by atoms with Gasteiger partial charge in [-0.15, -0.1) is 0 Å². The van der Waals surface area contributed by atoms with Crippen LogP contribution in [0, 0.1) is 23.2 Å². The van der Waals surface area contributed by atoms with Gasteiger partial charge in [0.15, 0.2) is 0 Å². The van der Waals surface area contributed by atoms with E-state index in [4.69, 9.17) is 22.7 Å². The van der Waals surface area contributed by atoms with E-state index in [1.807, 2.05) is 49.6 Å². The highest BCUT2D eigenvalue weighted by Gasteiger charge is 2.52. The molecule has 5 aromatic rings. The molecule has 5 aromatic carbocycles. The van der Waals surface area contributed by atoms with E-state index in [0.717, 1.165) is 51.0 Å². The maximum atomic E-state index is 11.0. The lowest BCUT2D eigenvalue weighted by Gasteiger charge is -2.57. The molecule has 6 aliphatic rings. The van der Waals surface area contributed by atoms with E-state index in [-0.39, 0.29) is 19.1 Å². The van der Waals surface area contributed by atoms with Gasteiger partial charge in [0.05, 0.1) is 12.7 Å². The molecular weight excluding hydrogens is 1030 g/mol. The molecule has 4 saturated carbocycles. The molecule has 434 valence electrons. The van der Waals surface area contributed by atoms with E-state index in [9.17, 15) is 14.4 Å². The molecule has 0 saturated heterocycles. The standard InChI is InChI=1S/C28H28O3.C24H28O2.C20H28O2.BHNP.3H2/c1-30-27-7-5-24(21-2-3-23-12-25(31-17-29)6-4-22(23)11-21)13-26(27)28-14-18-8-19(15-28)10-20(9-18)16-28;1-16(14-17-6-8-18(9-7-17)22(25)26)19-10-11-20-21(15-19)24(4,5)13-12-23(20,2)3;1-15(8-6-9-16(2)14-19(21)22)11-12-18-17(3)10-7-13-20(18,4)5;1-2-3;;;/h2-7,11-13,17-20H,8-10,14-16H2,1H3;6-11,14-15H,12-13H2,1-5H3,(H,25,26);6,8-9,11-12,14H,7,10,13H2,1-5H3,(H,21,22);3H;3*1H/b;16-14+;9-6+,12-11+,15-8-,16-14+;;;;/i;;;;1+2T;;. The molecule has 4 bridgehead atoms. The summed E-state index contributed by atoms with van der Waals surface area (Å²) in [6, 6.07) is 32.9. The Bertz CT molecular complexity index is 3340. The summed E-state index contributed by atoms with van der Waals surface area (Å²) in [4.78, 5) is 32.2. The Morgan fingerprint density at radius 2 is 1.30 bits per heavy atom. The van der Waals surface area contributed by atoms with Crippen LogP contribution in [-0.4, -0.2) is 43.7 Å². The number of hydrogen-bond acceptors (Lipinski definition) is 6. The van der Waals surface area contributed by atoms with Gasteiger partial charge < -0.3 is 24.3 Å². The third-order valence-electron chi connectivity index (χ3n) is 18.1. The van der Waals surface area contributed by atoms with Crippen LogP contribution < -0.4 is 9.47 Å². The molecule has 4 fully saturated rings. The fourth-order valence-corrected chi connectivity index (χ4v) is 14.0. The molecule has 8 nitrogen and oxygen atoms in total. The number of rotatable bonds is 13. The summed E-state index contributed by atoms with van der Waals surface area (Å²) in [5.74, 6) is 2.54. The molecule has 2 radical (unpaired) electrons. The highest BCUT2D eigenvalue weighted by Crippen LogP contribution is 2.62. The van der Waals surface area contributed by atoms with E-state index in [1.165, 1.54) is 127 Å². The number of carboxylic acid groups (broad SMARTS) is 2. The summed E-state index contributed by atoms with van der Waals surface area (Å²) in [6.07, 6.45) is 27.9. The Hall–Kier alpha value is -6.83. The van der Waals surface area contributed by atoms with Crippen molar-refractivity contribution >= 4 is 57.8 Å². The minimum absolute atomic E-state index is 0. The van der Waals surface area contributed by atoms with Gasteiger partial charge in [0.2, 0.25) is 0 Å². The number of carbonyl (C=O) groups excluding carboxylic acids is 1. The lowest BCUT2D eigenvalue weighted by molar-refractivity contribution is -0.131. The van der Waals surface area contributed by atoms with Gasteiger partial charge in [0, 0.05) is 17.5 Å². The van der Waals surface area contributed by atoms with Crippen molar-refractivity contribution in [2.45, 2.75) is 156 Å². The van der Waals surface area contributed by atoms with E-state index in [1.54, 1.807) is 25.1 Å². The normalized spacial score (nSPS) is 22.3. The van der Waals surface area contributed by atoms with E-state index >= 15 is 0 Å². The zero-order valence-electron chi connectivity index (χ0n) is 52.3. The lowest BCUT2D eigenvalue weighted by atomic mass is 9.48. The van der Waals surface area contributed by atoms with Crippen molar-refractivity contribution in [2.75, 3.05) is 7.11 Å². The molecule has 0 amide bonds. The van der Waals surface area contributed by atoms with Crippen LogP contribution in [0.2, 0.25) is 0 Å². The zero-order valence-corrected chi connectivity index (χ0v) is 51.3. The second-order valence-corrected chi connectivity index (χ2v) is 26.0. The first-order valence-electron chi connectivity index (χ1n) is 30.1. The number of carbonyl (C=O) groups is 3. The number of aromatic carboxylic acids is 1. The number of aliphatic carboxylic acids is 1. The molecular formula is C72H91BNO7P. The van der Waals surface area contributed by atoms with Crippen molar-refractivity contribution in [3.63, 3.8) is 0 Å². The predicted octanol–water partition coefficient (Wildman–Crippen LogP) is 19.5. The summed E-state index contributed by atoms with van der Waals surface area (Å²) in [6.45, 7) is 22.7. The van der Waals surface area contributed by atoms with Crippen molar-refractivity contribution in [2.24, 2.45) is 27.8 Å². The molecule has 11 rings (SSSR count). The largest absolute Gasteiger partial charge is 0.496 e. The minimum atomic E-state index is -0.912. The van der Waals surface area contributed by atoms with Gasteiger partial charge >= 0.3 is 11.9 Å². The monoisotopic (exact) mass is 1130 g/mol. The third-order valence-corrected chi connectivity index (χ3v) is 18.1. The van der Waals surface area contributed by atoms with Gasteiger partial charge in [0.25, 0.3) is 14.5 Å². The molecule has 0 spiro atoms. The average molecular weight is 1130 g/mol.